The molecule has 1 atom stereocenters. The molecule has 0 aromatic heterocycles. The number of nitrogens with one attached hydrogen (secondary N) is 1. The lowest BCUT2D eigenvalue weighted by Gasteiger charge is -2.21. The van der Waals surface area contributed by atoms with Crippen molar-refractivity contribution in [1.82, 2.24) is 9.62 Å². The van der Waals surface area contributed by atoms with E-state index in [0.29, 0.717) is 17.4 Å². The SMILES string of the molecule is CN(C)S(=O)(=O)c1ccccc1CNC(c1ccccc1)C1CC1. The third-order valence-electron chi connectivity index (χ3n) is 4.50. The number of hydrogen-bond donors (Lipinski definition) is 1. The number of hydrogen-bond acceptors (Lipinski definition) is 3. The molecule has 2 aromatic carbocycles. The number of nitrogens with zero attached hydrogens (tertiary/aromatic N) is 1. The Morgan fingerprint density at radius 1 is 1.04 bits per heavy atom. The average Bonchev–Trinajstić information content (AvgIpc) is 3.41. The summed E-state index contributed by atoms with van der Waals surface area (Å²) in [5.41, 5.74) is 2.08. The van der Waals surface area contributed by atoms with Gasteiger partial charge in [0.15, 0.2) is 0 Å². The molecular formula is C19H24N2O2S. The van der Waals surface area contributed by atoms with Crippen LogP contribution in [0.1, 0.15) is 30.0 Å². The van der Waals surface area contributed by atoms with Crippen molar-refractivity contribution in [3.05, 3.63) is 65.7 Å². The maximum atomic E-state index is 12.5. The normalized spacial score (nSPS) is 16.3. The number of sulfonamides is 1. The average molecular weight is 344 g/mol. The Kier molecular flexibility index (Phi) is 5.04. The smallest absolute Gasteiger partial charge is 0.242 e. The van der Waals surface area contributed by atoms with Gasteiger partial charge in [-0.25, -0.2) is 12.7 Å². The van der Waals surface area contributed by atoms with Crippen molar-refractivity contribution in [2.45, 2.75) is 30.3 Å². The van der Waals surface area contributed by atoms with Gasteiger partial charge in [0.2, 0.25) is 10.0 Å². The molecule has 5 heteroatoms. The highest BCUT2D eigenvalue weighted by Gasteiger charge is 2.32. The molecule has 0 bridgehead atoms. The van der Waals surface area contributed by atoms with Crippen LogP contribution in [0.2, 0.25) is 0 Å². The molecule has 1 fully saturated rings. The predicted octanol–water partition coefficient (Wildman–Crippen LogP) is 3.18. The van der Waals surface area contributed by atoms with Gasteiger partial charge < -0.3 is 5.32 Å². The van der Waals surface area contributed by atoms with Gasteiger partial charge in [0.25, 0.3) is 0 Å². The first kappa shape index (κ1) is 17.1. The maximum absolute atomic E-state index is 12.5. The summed E-state index contributed by atoms with van der Waals surface area (Å²) in [5.74, 6) is 0.644. The van der Waals surface area contributed by atoms with Crippen LogP contribution in [0.15, 0.2) is 59.5 Å². The Morgan fingerprint density at radius 2 is 1.67 bits per heavy atom. The minimum Gasteiger partial charge on any atom is -0.306 e. The summed E-state index contributed by atoms with van der Waals surface area (Å²) >= 11 is 0. The van der Waals surface area contributed by atoms with Crippen molar-refractivity contribution >= 4 is 10.0 Å². The van der Waals surface area contributed by atoms with Crippen molar-refractivity contribution in [3.63, 3.8) is 0 Å². The molecule has 0 heterocycles. The molecule has 0 saturated heterocycles. The van der Waals surface area contributed by atoms with Gasteiger partial charge in [-0.3, -0.25) is 0 Å². The van der Waals surface area contributed by atoms with Crippen LogP contribution >= 0.6 is 0 Å². The molecule has 1 N–H and O–H groups in total. The van der Waals surface area contributed by atoms with E-state index < -0.39 is 10.0 Å². The second-order valence-electron chi connectivity index (χ2n) is 6.50. The van der Waals surface area contributed by atoms with E-state index in [1.54, 1.807) is 26.2 Å². The summed E-state index contributed by atoms with van der Waals surface area (Å²) in [6.45, 7) is 0.541. The summed E-state index contributed by atoms with van der Waals surface area (Å²) < 4.78 is 26.3. The van der Waals surface area contributed by atoms with E-state index in [-0.39, 0.29) is 6.04 Å². The highest BCUT2D eigenvalue weighted by Crippen LogP contribution is 2.41. The van der Waals surface area contributed by atoms with Crippen molar-refractivity contribution in [3.8, 4) is 0 Å². The van der Waals surface area contributed by atoms with Crippen molar-refractivity contribution in [2.75, 3.05) is 14.1 Å². The van der Waals surface area contributed by atoms with Crippen LogP contribution in [0.4, 0.5) is 0 Å². The Labute approximate surface area is 144 Å². The highest BCUT2D eigenvalue weighted by molar-refractivity contribution is 7.89. The lowest BCUT2D eigenvalue weighted by Crippen LogP contribution is -2.26. The summed E-state index contributed by atoms with van der Waals surface area (Å²) in [7, 11) is -0.299. The molecule has 0 amide bonds. The standard InChI is InChI=1S/C19H24N2O2S/c1-21(2)24(22,23)18-11-7-6-10-17(18)14-20-19(16-12-13-16)15-8-4-3-5-9-15/h3-11,16,19-20H,12-14H2,1-2H3. The summed E-state index contributed by atoms with van der Waals surface area (Å²) in [6.07, 6.45) is 2.45. The summed E-state index contributed by atoms with van der Waals surface area (Å²) in [6, 6.07) is 17.9. The van der Waals surface area contributed by atoms with E-state index in [2.05, 4.69) is 29.6 Å². The van der Waals surface area contributed by atoms with Gasteiger partial charge in [-0.1, -0.05) is 48.5 Å². The lowest BCUT2D eigenvalue weighted by atomic mass is 10.0. The van der Waals surface area contributed by atoms with Crippen LogP contribution in [0.3, 0.4) is 0 Å². The monoisotopic (exact) mass is 344 g/mol. The third kappa shape index (κ3) is 3.69. The molecule has 1 aliphatic carbocycles. The summed E-state index contributed by atoms with van der Waals surface area (Å²) in [5, 5.41) is 3.58. The molecule has 1 unspecified atom stereocenters. The van der Waals surface area contributed by atoms with Crippen molar-refractivity contribution in [1.29, 1.82) is 0 Å². The van der Waals surface area contributed by atoms with E-state index in [0.717, 1.165) is 5.56 Å². The minimum absolute atomic E-state index is 0.279. The van der Waals surface area contributed by atoms with Gasteiger partial charge in [0, 0.05) is 26.7 Å². The second kappa shape index (κ2) is 7.05. The topological polar surface area (TPSA) is 49.4 Å². The van der Waals surface area contributed by atoms with Gasteiger partial charge in [0.05, 0.1) is 4.90 Å². The molecule has 2 aromatic rings. The molecule has 0 aliphatic heterocycles. The zero-order valence-electron chi connectivity index (χ0n) is 14.1. The van der Waals surface area contributed by atoms with Crippen LogP contribution in [0.5, 0.6) is 0 Å². The quantitative estimate of drug-likeness (QED) is 0.839. The molecule has 1 saturated carbocycles. The fourth-order valence-electron chi connectivity index (χ4n) is 2.96. The minimum atomic E-state index is -3.43. The van der Waals surface area contributed by atoms with Gasteiger partial charge in [-0.2, -0.15) is 0 Å². The van der Waals surface area contributed by atoms with E-state index in [4.69, 9.17) is 0 Å². The van der Waals surface area contributed by atoms with Gasteiger partial charge >= 0.3 is 0 Å². The third-order valence-corrected chi connectivity index (χ3v) is 6.41. The molecule has 128 valence electrons. The van der Waals surface area contributed by atoms with Crippen LogP contribution in [-0.2, 0) is 16.6 Å². The number of benzene rings is 2. The molecular weight excluding hydrogens is 320 g/mol. The lowest BCUT2D eigenvalue weighted by molar-refractivity contribution is 0.475. The van der Waals surface area contributed by atoms with Crippen LogP contribution in [0, 0.1) is 5.92 Å². The first-order valence-electron chi connectivity index (χ1n) is 8.29. The van der Waals surface area contributed by atoms with Crippen molar-refractivity contribution < 1.29 is 8.42 Å². The number of rotatable bonds is 7. The first-order chi connectivity index (χ1) is 11.5. The molecule has 3 rings (SSSR count). The molecule has 24 heavy (non-hydrogen) atoms. The van der Waals surface area contributed by atoms with Gasteiger partial charge in [-0.15, -0.1) is 0 Å². The molecule has 0 spiro atoms. The zero-order valence-corrected chi connectivity index (χ0v) is 15.0. The highest BCUT2D eigenvalue weighted by atomic mass is 32.2. The van der Waals surface area contributed by atoms with Crippen LogP contribution < -0.4 is 5.32 Å². The Bertz CT molecular complexity index is 784. The van der Waals surface area contributed by atoms with Crippen LogP contribution in [0.25, 0.3) is 0 Å². The van der Waals surface area contributed by atoms with Gasteiger partial charge in [0.1, 0.15) is 0 Å². The van der Waals surface area contributed by atoms with E-state index >= 15 is 0 Å². The summed E-state index contributed by atoms with van der Waals surface area (Å²) in [4.78, 5) is 0.380. The predicted molar refractivity (Wildman–Crippen MR) is 96.1 cm³/mol. The first-order valence-corrected chi connectivity index (χ1v) is 9.73. The fourth-order valence-corrected chi connectivity index (χ4v) is 4.08. The maximum Gasteiger partial charge on any atom is 0.242 e. The molecule has 4 nitrogen and oxygen atoms in total. The van der Waals surface area contributed by atoms with E-state index in [1.165, 1.54) is 22.7 Å². The second-order valence-corrected chi connectivity index (χ2v) is 8.62. The Hall–Kier alpha value is -1.69. The van der Waals surface area contributed by atoms with E-state index in [9.17, 15) is 8.42 Å². The van der Waals surface area contributed by atoms with Crippen molar-refractivity contribution in [2.24, 2.45) is 5.92 Å². The molecule has 1 aliphatic rings. The van der Waals surface area contributed by atoms with Crippen LogP contribution in [-0.4, -0.2) is 26.8 Å². The fraction of sp³-hybridized carbons (Fsp3) is 0.368. The molecule has 0 radical (unpaired) electrons. The van der Waals surface area contributed by atoms with E-state index in [1.807, 2.05) is 18.2 Å². The van der Waals surface area contributed by atoms with Gasteiger partial charge in [-0.05, 0) is 36.0 Å². The Morgan fingerprint density at radius 3 is 2.29 bits per heavy atom. The Balaban J connectivity index is 1.82. The largest absolute Gasteiger partial charge is 0.306 e. The zero-order chi connectivity index (χ0) is 17.2.